The molecule has 0 spiro atoms. The maximum absolute atomic E-state index is 13.7. The van der Waals surface area contributed by atoms with Gasteiger partial charge in [-0.05, 0) is 24.6 Å². The molecule has 0 saturated heterocycles. The van der Waals surface area contributed by atoms with Crippen LogP contribution in [0.2, 0.25) is 0 Å². The van der Waals surface area contributed by atoms with E-state index in [1.165, 1.54) is 12.1 Å². The number of carbonyl (C=O) groups excluding carboxylic acids is 1. The molecule has 1 aliphatic heterocycles. The van der Waals surface area contributed by atoms with Crippen LogP contribution < -0.4 is 0 Å². The smallest absolute Gasteiger partial charge is 0.257 e. The number of hydrogen-bond acceptors (Lipinski definition) is 3. The van der Waals surface area contributed by atoms with Crippen molar-refractivity contribution in [3.05, 3.63) is 53.1 Å². The van der Waals surface area contributed by atoms with E-state index in [1.807, 2.05) is 6.07 Å². The van der Waals surface area contributed by atoms with Crippen molar-refractivity contribution in [3.63, 3.8) is 0 Å². The van der Waals surface area contributed by atoms with E-state index in [4.69, 9.17) is 5.26 Å². The van der Waals surface area contributed by atoms with Crippen molar-refractivity contribution in [1.29, 1.82) is 5.26 Å². The standard InChI is InChI=1S/C15H13FN4O/c16-14-5-2-1-4-13(14)15(21)19-6-3-7-20-12(10-19)8-11(9-17)18-20/h1-2,4-5,8H,3,6-7,10H2. The van der Waals surface area contributed by atoms with Crippen LogP contribution in [0, 0.1) is 17.1 Å². The predicted molar refractivity (Wildman–Crippen MR) is 72.7 cm³/mol. The van der Waals surface area contributed by atoms with Gasteiger partial charge >= 0.3 is 0 Å². The number of benzene rings is 1. The third-order valence-electron chi connectivity index (χ3n) is 3.52. The number of nitriles is 1. The van der Waals surface area contributed by atoms with Crippen molar-refractivity contribution >= 4 is 5.91 Å². The Bertz CT molecular complexity index is 732. The molecule has 2 aromatic rings. The molecule has 0 aliphatic carbocycles. The van der Waals surface area contributed by atoms with Gasteiger partial charge in [-0.15, -0.1) is 0 Å². The lowest BCUT2D eigenvalue weighted by Gasteiger charge is -2.20. The topological polar surface area (TPSA) is 61.9 Å². The maximum Gasteiger partial charge on any atom is 0.257 e. The Labute approximate surface area is 121 Å². The monoisotopic (exact) mass is 284 g/mol. The number of aryl methyl sites for hydroxylation is 1. The molecule has 0 atom stereocenters. The van der Waals surface area contributed by atoms with Crippen LogP contribution in [0.5, 0.6) is 0 Å². The SMILES string of the molecule is N#Cc1cc2n(n1)CCCN(C(=O)c1ccccc1F)C2. The first-order valence-electron chi connectivity index (χ1n) is 6.69. The quantitative estimate of drug-likeness (QED) is 0.804. The van der Waals surface area contributed by atoms with E-state index in [0.717, 1.165) is 12.1 Å². The summed E-state index contributed by atoms with van der Waals surface area (Å²) < 4.78 is 15.5. The molecule has 1 aliphatic rings. The van der Waals surface area contributed by atoms with E-state index < -0.39 is 5.82 Å². The third kappa shape index (κ3) is 2.50. The molecule has 0 saturated carbocycles. The number of aromatic nitrogens is 2. The molecule has 1 aromatic heterocycles. The second-order valence-electron chi connectivity index (χ2n) is 4.92. The van der Waals surface area contributed by atoms with Gasteiger partial charge in [-0.1, -0.05) is 12.1 Å². The molecule has 0 unspecified atom stereocenters. The maximum atomic E-state index is 13.7. The fourth-order valence-electron chi connectivity index (χ4n) is 2.50. The summed E-state index contributed by atoms with van der Waals surface area (Å²) >= 11 is 0. The minimum Gasteiger partial charge on any atom is -0.333 e. The Morgan fingerprint density at radius 3 is 2.90 bits per heavy atom. The first-order chi connectivity index (χ1) is 10.2. The van der Waals surface area contributed by atoms with Gasteiger partial charge in [-0.2, -0.15) is 10.4 Å². The van der Waals surface area contributed by atoms with E-state index >= 15 is 0 Å². The summed E-state index contributed by atoms with van der Waals surface area (Å²) in [5.74, 6) is -0.848. The number of rotatable bonds is 1. The lowest BCUT2D eigenvalue weighted by atomic mass is 10.1. The molecule has 0 fully saturated rings. The van der Waals surface area contributed by atoms with Crippen LogP contribution in [-0.4, -0.2) is 27.1 Å². The zero-order valence-corrected chi connectivity index (χ0v) is 11.3. The largest absolute Gasteiger partial charge is 0.333 e. The summed E-state index contributed by atoms with van der Waals surface area (Å²) in [6, 6.07) is 9.64. The molecule has 0 N–H and O–H groups in total. The van der Waals surface area contributed by atoms with E-state index in [1.54, 1.807) is 27.8 Å². The van der Waals surface area contributed by atoms with Crippen molar-refractivity contribution in [1.82, 2.24) is 14.7 Å². The zero-order chi connectivity index (χ0) is 14.8. The van der Waals surface area contributed by atoms with Crippen LogP contribution in [0.4, 0.5) is 4.39 Å². The Balaban J connectivity index is 1.88. The lowest BCUT2D eigenvalue weighted by molar-refractivity contribution is 0.0741. The number of amides is 1. The normalized spacial score (nSPS) is 14.2. The number of hydrogen-bond donors (Lipinski definition) is 0. The summed E-state index contributed by atoms with van der Waals surface area (Å²) in [6.45, 7) is 1.53. The molecular weight excluding hydrogens is 271 g/mol. The average Bonchev–Trinajstić information content (AvgIpc) is 2.78. The predicted octanol–water partition coefficient (Wildman–Crippen LogP) is 1.94. The van der Waals surface area contributed by atoms with Crippen LogP contribution >= 0.6 is 0 Å². The van der Waals surface area contributed by atoms with Crippen LogP contribution in [0.25, 0.3) is 0 Å². The number of fused-ring (bicyclic) bond motifs is 1. The minimum absolute atomic E-state index is 0.0750. The average molecular weight is 284 g/mol. The van der Waals surface area contributed by atoms with Crippen molar-refractivity contribution in [2.45, 2.75) is 19.5 Å². The summed E-state index contributed by atoms with van der Waals surface area (Å²) in [5.41, 5.74) is 1.21. The molecule has 0 bridgehead atoms. The molecular formula is C15H13FN4O. The Hall–Kier alpha value is -2.68. The second kappa shape index (κ2) is 5.37. The van der Waals surface area contributed by atoms with Crippen LogP contribution in [0.1, 0.15) is 28.2 Å². The molecule has 0 radical (unpaired) electrons. The lowest BCUT2D eigenvalue weighted by Crippen LogP contribution is -2.31. The van der Waals surface area contributed by atoms with Gasteiger partial charge in [0.2, 0.25) is 0 Å². The van der Waals surface area contributed by atoms with Gasteiger partial charge in [-0.25, -0.2) is 4.39 Å². The van der Waals surface area contributed by atoms with Crippen molar-refractivity contribution < 1.29 is 9.18 Å². The van der Waals surface area contributed by atoms with Crippen LogP contribution in [0.3, 0.4) is 0 Å². The number of halogens is 1. The Morgan fingerprint density at radius 1 is 1.33 bits per heavy atom. The second-order valence-corrected chi connectivity index (χ2v) is 4.92. The van der Waals surface area contributed by atoms with E-state index in [2.05, 4.69) is 5.10 Å². The van der Waals surface area contributed by atoms with Gasteiger partial charge in [0, 0.05) is 13.1 Å². The fourth-order valence-corrected chi connectivity index (χ4v) is 2.50. The zero-order valence-electron chi connectivity index (χ0n) is 11.3. The summed E-state index contributed by atoms with van der Waals surface area (Å²) in [4.78, 5) is 14.0. The molecule has 6 heteroatoms. The Kier molecular flexibility index (Phi) is 3.40. The molecule has 1 aromatic carbocycles. The molecule has 21 heavy (non-hydrogen) atoms. The van der Waals surface area contributed by atoms with Crippen LogP contribution in [0.15, 0.2) is 30.3 Å². The van der Waals surface area contributed by atoms with E-state index in [-0.39, 0.29) is 11.5 Å². The minimum atomic E-state index is -0.516. The summed E-state index contributed by atoms with van der Waals surface area (Å²) in [6.07, 6.45) is 0.722. The van der Waals surface area contributed by atoms with Crippen molar-refractivity contribution in [2.75, 3.05) is 6.54 Å². The van der Waals surface area contributed by atoms with Gasteiger partial charge in [0.1, 0.15) is 11.9 Å². The molecule has 106 valence electrons. The first-order valence-corrected chi connectivity index (χ1v) is 6.69. The van der Waals surface area contributed by atoms with Crippen molar-refractivity contribution in [3.8, 4) is 6.07 Å². The summed E-state index contributed by atoms with van der Waals surface area (Å²) in [5, 5.41) is 13.0. The number of nitrogens with zero attached hydrogens (tertiary/aromatic N) is 4. The molecule has 1 amide bonds. The number of carbonyl (C=O) groups is 1. The highest BCUT2D eigenvalue weighted by Crippen LogP contribution is 2.17. The molecule has 5 nitrogen and oxygen atoms in total. The van der Waals surface area contributed by atoms with Gasteiger partial charge in [-0.3, -0.25) is 9.48 Å². The highest BCUT2D eigenvalue weighted by atomic mass is 19.1. The third-order valence-corrected chi connectivity index (χ3v) is 3.52. The van der Waals surface area contributed by atoms with Gasteiger partial charge in [0.05, 0.1) is 17.8 Å². The van der Waals surface area contributed by atoms with Gasteiger partial charge < -0.3 is 4.90 Å². The first kappa shape index (κ1) is 13.3. The highest BCUT2D eigenvalue weighted by Gasteiger charge is 2.23. The van der Waals surface area contributed by atoms with Crippen LogP contribution in [-0.2, 0) is 13.1 Å². The Morgan fingerprint density at radius 2 is 2.14 bits per heavy atom. The molecule has 2 heterocycles. The van der Waals surface area contributed by atoms with E-state index in [0.29, 0.717) is 25.3 Å². The highest BCUT2D eigenvalue weighted by molar-refractivity contribution is 5.94. The van der Waals surface area contributed by atoms with Gasteiger partial charge in [0.15, 0.2) is 5.69 Å². The van der Waals surface area contributed by atoms with E-state index in [9.17, 15) is 9.18 Å². The van der Waals surface area contributed by atoms with Crippen molar-refractivity contribution in [2.24, 2.45) is 0 Å². The molecule has 3 rings (SSSR count). The van der Waals surface area contributed by atoms with Gasteiger partial charge in [0.25, 0.3) is 5.91 Å². The summed E-state index contributed by atoms with van der Waals surface area (Å²) in [7, 11) is 0. The fraction of sp³-hybridized carbons (Fsp3) is 0.267.